The highest BCUT2D eigenvalue weighted by Crippen LogP contribution is 2.22. The maximum atomic E-state index is 12.7. The second-order valence-electron chi connectivity index (χ2n) is 8.53. The van der Waals surface area contributed by atoms with Crippen LogP contribution in [0.5, 0.6) is 11.5 Å². The largest absolute Gasteiger partial charge is 0.497 e. The van der Waals surface area contributed by atoms with Crippen LogP contribution in [-0.4, -0.2) is 40.7 Å². The zero-order valence-corrected chi connectivity index (χ0v) is 21.2. The van der Waals surface area contributed by atoms with Gasteiger partial charge in [-0.05, 0) is 60.5 Å². The highest BCUT2D eigenvalue weighted by Gasteiger charge is 2.20. The predicted octanol–water partition coefficient (Wildman–Crippen LogP) is 6.00. The number of oxazole rings is 1. The van der Waals surface area contributed by atoms with E-state index in [4.69, 9.17) is 13.9 Å². The standard InChI is InChI=1S/C30H28N2O6/c1-21-27(31-29(37-21)24-11-4-3-5-12-24)13-7-9-22-8-6-10-23(18-22)19-32(20-28(33)34)30(35)38-26-16-14-25(36-2)15-17-26/h3-12,14-18H,13,19-20H2,1-2H3,(H,33,34)/b9-7+. The van der Waals surface area contributed by atoms with Crippen LogP contribution in [0.3, 0.4) is 0 Å². The van der Waals surface area contributed by atoms with Crippen LogP contribution in [0.25, 0.3) is 17.5 Å². The lowest BCUT2D eigenvalue weighted by molar-refractivity contribution is -0.138. The molecule has 4 aromatic rings. The molecule has 0 unspecified atom stereocenters. The molecule has 8 nitrogen and oxygen atoms in total. The number of nitrogens with zero attached hydrogens (tertiary/aromatic N) is 2. The minimum Gasteiger partial charge on any atom is -0.497 e. The molecule has 4 rings (SSSR count). The number of rotatable bonds is 10. The van der Waals surface area contributed by atoms with E-state index < -0.39 is 18.6 Å². The van der Waals surface area contributed by atoms with Crippen molar-refractivity contribution in [3.05, 3.63) is 108 Å². The first-order chi connectivity index (χ1) is 18.4. The number of ether oxygens (including phenoxy) is 2. The Bertz CT molecular complexity index is 1410. The van der Waals surface area contributed by atoms with Gasteiger partial charge in [0.15, 0.2) is 0 Å². The number of carbonyl (C=O) groups is 2. The summed E-state index contributed by atoms with van der Waals surface area (Å²) in [6.45, 7) is 1.47. The van der Waals surface area contributed by atoms with Crippen LogP contribution in [-0.2, 0) is 17.8 Å². The first-order valence-electron chi connectivity index (χ1n) is 12.0. The van der Waals surface area contributed by atoms with Crippen molar-refractivity contribution in [2.45, 2.75) is 19.9 Å². The fourth-order valence-corrected chi connectivity index (χ4v) is 3.80. The van der Waals surface area contributed by atoms with Crippen LogP contribution >= 0.6 is 0 Å². The van der Waals surface area contributed by atoms with Crippen molar-refractivity contribution in [2.24, 2.45) is 0 Å². The predicted molar refractivity (Wildman–Crippen MR) is 143 cm³/mol. The number of benzene rings is 3. The molecule has 1 N–H and O–H groups in total. The number of amides is 1. The number of hydrogen-bond acceptors (Lipinski definition) is 6. The van der Waals surface area contributed by atoms with E-state index in [1.807, 2.05) is 73.7 Å². The third-order valence-electron chi connectivity index (χ3n) is 5.71. The normalized spacial score (nSPS) is 10.9. The summed E-state index contributed by atoms with van der Waals surface area (Å²) in [7, 11) is 1.54. The van der Waals surface area contributed by atoms with E-state index in [1.54, 1.807) is 24.3 Å². The average Bonchev–Trinajstić information content (AvgIpc) is 3.29. The minimum absolute atomic E-state index is 0.0752. The summed E-state index contributed by atoms with van der Waals surface area (Å²) < 4.78 is 16.3. The Morgan fingerprint density at radius 1 is 1.00 bits per heavy atom. The first kappa shape index (κ1) is 26.2. The van der Waals surface area contributed by atoms with Gasteiger partial charge in [0.05, 0.1) is 12.8 Å². The van der Waals surface area contributed by atoms with Gasteiger partial charge in [-0.25, -0.2) is 9.78 Å². The summed E-state index contributed by atoms with van der Waals surface area (Å²) in [5.41, 5.74) is 3.45. The topological polar surface area (TPSA) is 102 Å². The number of carboxylic acids is 1. The number of carbonyl (C=O) groups excluding carboxylic acids is 1. The van der Waals surface area contributed by atoms with Gasteiger partial charge >= 0.3 is 12.1 Å². The fourth-order valence-electron chi connectivity index (χ4n) is 3.80. The minimum atomic E-state index is -1.13. The molecule has 0 aliphatic heterocycles. The molecular formula is C30H28N2O6. The van der Waals surface area contributed by atoms with Gasteiger partial charge in [0.2, 0.25) is 5.89 Å². The first-order valence-corrected chi connectivity index (χ1v) is 12.0. The van der Waals surface area contributed by atoms with E-state index in [0.29, 0.717) is 23.8 Å². The van der Waals surface area contributed by atoms with E-state index in [-0.39, 0.29) is 6.54 Å². The maximum Gasteiger partial charge on any atom is 0.416 e. The van der Waals surface area contributed by atoms with Crippen molar-refractivity contribution in [2.75, 3.05) is 13.7 Å². The molecule has 0 atom stereocenters. The van der Waals surface area contributed by atoms with Crippen molar-refractivity contribution in [3.63, 3.8) is 0 Å². The van der Waals surface area contributed by atoms with E-state index in [9.17, 15) is 14.7 Å². The number of methoxy groups -OCH3 is 1. The van der Waals surface area contributed by atoms with Gasteiger partial charge in [-0.2, -0.15) is 0 Å². The van der Waals surface area contributed by atoms with Gasteiger partial charge in [-0.15, -0.1) is 0 Å². The summed E-state index contributed by atoms with van der Waals surface area (Å²) in [5, 5.41) is 9.33. The Morgan fingerprint density at radius 2 is 1.74 bits per heavy atom. The molecule has 8 heteroatoms. The van der Waals surface area contributed by atoms with Crippen molar-refractivity contribution in [3.8, 4) is 23.0 Å². The molecule has 194 valence electrons. The van der Waals surface area contributed by atoms with Crippen LogP contribution < -0.4 is 9.47 Å². The van der Waals surface area contributed by atoms with Crippen molar-refractivity contribution in [1.29, 1.82) is 0 Å². The van der Waals surface area contributed by atoms with Crippen molar-refractivity contribution >= 4 is 18.1 Å². The van der Waals surface area contributed by atoms with Crippen LogP contribution in [0.4, 0.5) is 4.79 Å². The lowest BCUT2D eigenvalue weighted by Crippen LogP contribution is -2.37. The lowest BCUT2D eigenvalue weighted by Gasteiger charge is -2.20. The van der Waals surface area contributed by atoms with Gasteiger partial charge in [0.1, 0.15) is 23.8 Å². The molecule has 3 aromatic carbocycles. The number of aromatic nitrogens is 1. The van der Waals surface area contributed by atoms with Crippen molar-refractivity contribution < 1.29 is 28.6 Å². The summed E-state index contributed by atoms with van der Waals surface area (Å²) in [6.07, 6.45) is 3.78. The van der Waals surface area contributed by atoms with Crippen LogP contribution in [0, 0.1) is 6.92 Å². The highest BCUT2D eigenvalue weighted by atomic mass is 16.6. The molecule has 38 heavy (non-hydrogen) atoms. The Kier molecular flexibility index (Phi) is 8.56. The number of aryl methyl sites for hydroxylation is 1. The molecule has 0 spiro atoms. The quantitative estimate of drug-likeness (QED) is 0.278. The van der Waals surface area contributed by atoms with Gasteiger partial charge in [-0.1, -0.05) is 48.6 Å². The van der Waals surface area contributed by atoms with Gasteiger partial charge in [0, 0.05) is 18.5 Å². The Labute approximate surface area is 220 Å². The van der Waals surface area contributed by atoms with E-state index in [2.05, 4.69) is 4.98 Å². The third kappa shape index (κ3) is 7.10. The Morgan fingerprint density at radius 3 is 2.45 bits per heavy atom. The number of hydrogen-bond donors (Lipinski definition) is 1. The maximum absolute atomic E-state index is 12.7. The highest BCUT2D eigenvalue weighted by molar-refractivity contribution is 5.78. The Balaban J connectivity index is 1.41. The molecule has 0 fully saturated rings. The average molecular weight is 513 g/mol. The molecule has 1 aromatic heterocycles. The zero-order valence-electron chi connectivity index (χ0n) is 21.2. The summed E-state index contributed by atoms with van der Waals surface area (Å²) in [6, 6.07) is 23.7. The number of carboxylic acid groups (broad SMARTS) is 1. The molecule has 0 aliphatic rings. The van der Waals surface area contributed by atoms with Crippen LogP contribution in [0.2, 0.25) is 0 Å². The number of allylic oxidation sites excluding steroid dienone is 1. The van der Waals surface area contributed by atoms with Crippen LogP contribution in [0.15, 0.2) is 89.4 Å². The second-order valence-corrected chi connectivity index (χ2v) is 8.53. The van der Waals surface area contributed by atoms with E-state index in [1.165, 1.54) is 7.11 Å². The van der Waals surface area contributed by atoms with E-state index in [0.717, 1.165) is 33.0 Å². The van der Waals surface area contributed by atoms with Gasteiger partial charge in [-0.3, -0.25) is 9.69 Å². The molecule has 0 bridgehead atoms. The number of aliphatic carboxylic acids is 1. The molecule has 1 heterocycles. The fraction of sp³-hybridized carbons (Fsp3) is 0.167. The van der Waals surface area contributed by atoms with E-state index >= 15 is 0 Å². The van der Waals surface area contributed by atoms with Crippen LogP contribution in [0.1, 0.15) is 22.6 Å². The van der Waals surface area contributed by atoms with Gasteiger partial charge < -0.3 is 19.0 Å². The molecule has 0 saturated carbocycles. The second kappa shape index (κ2) is 12.4. The molecule has 0 saturated heterocycles. The smallest absolute Gasteiger partial charge is 0.416 e. The zero-order chi connectivity index (χ0) is 26.9. The third-order valence-corrected chi connectivity index (χ3v) is 5.71. The molecular weight excluding hydrogens is 484 g/mol. The summed E-state index contributed by atoms with van der Waals surface area (Å²) >= 11 is 0. The lowest BCUT2D eigenvalue weighted by atomic mass is 10.1. The Hall–Kier alpha value is -4.85. The monoisotopic (exact) mass is 512 g/mol. The molecule has 0 radical (unpaired) electrons. The molecule has 0 aliphatic carbocycles. The SMILES string of the molecule is COc1ccc(OC(=O)N(CC(=O)O)Cc2cccc(/C=C/Cc3nc(-c4ccccc4)oc3C)c2)cc1. The summed E-state index contributed by atoms with van der Waals surface area (Å²) in [4.78, 5) is 29.9. The summed E-state index contributed by atoms with van der Waals surface area (Å²) in [5.74, 6) is 1.13. The van der Waals surface area contributed by atoms with Gasteiger partial charge in [0.25, 0.3) is 0 Å². The van der Waals surface area contributed by atoms with Crippen molar-refractivity contribution in [1.82, 2.24) is 9.88 Å². The molecule has 1 amide bonds.